The molecule has 2 amide bonds. The zero-order valence-electron chi connectivity index (χ0n) is 7.46. The maximum absolute atomic E-state index is 11.3. The number of carbonyl (C=O) groups is 2. The summed E-state index contributed by atoms with van der Waals surface area (Å²) in [6.45, 7) is 3.35. The second-order valence-corrected chi connectivity index (χ2v) is 3.17. The van der Waals surface area contributed by atoms with Crippen LogP contribution in [0.15, 0.2) is 0 Å². The molecule has 1 heterocycles. The third kappa shape index (κ3) is 1.96. The number of amides is 2. The second-order valence-electron chi connectivity index (χ2n) is 3.17. The highest BCUT2D eigenvalue weighted by atomic mass is 16.2. The van der Waals surface area contributed by atoms with E-state index in [1.807, 2.05) is 6.92 Å². The first-order valence-corrected chi connectivity index (χ1v) is 4.20. The highest BCUT2D eigenvalue weighted by Gasteiger charge is 2.24. The fourth-order valence-electron chi connectivity index (χ4n) is 1.39. The van der Waals surface area contributed by atoms with Crippen molar-refractivity contribution >= 4 is 11.8 Å². The number of rotatable bonds is 1. The lowest BCUT2D eigenvalue weighted by atomic mass is 10.1. The van der Waals surface area contributed by atoms with Crippen LogP contribution in [0, 0.1) is 0 Å². The van der Waals surface area contributed by atoms with E-state index in [9.17, 15) is 9.59 Å². The van der Waals surface area contributed by atoms with Crippen molar-refractivity contribution in [2.24, 2.45) is 0 Å². The summed E-state index contributed by atoms with van der Waals surface area (Å²) < 4.78 is 0. The summed E-state index contributed by atoms with van der Waals surface area (Å²) in [7, 11) is 0. The maximum atomic E-state index is 11.3. The van der Waals surface area contributed by atoms with E-state index in [-0.39, 0.29) is 17.9 Å². The van der Waals surface area contributed by atoms with Gasteiger partial charge in [-0.15, -0.1) is 0 Å². The maximum Gasteiger partial charge on any atom is 0.241 e. The number of piperidine rings is 1. The molecule has 1 N–H and O–H groups in total. The molecule has 0 aromatic carbocycles. The molecule has 0 aliphatic carbocycles. The van der Waals surface area contributed by atoms with Gasteiger partial charge in [0.25, 0.3) is 0 Å². The molecule has 1 fully saturated rings. The van der Waals surface area contributed by atoms with Gasteiger partial charge in [-0.1, -0.05) is 0 Å². The van der Waals surface area contributed by atoms with Gasteiger partial charge in [0.1, 0.15) is 0 Å². The van der Waals surface area contributed by atoms with E-state index in [1.165, 1.54) is 11.9 Å². The Morgan fingerprint density at radius 1 is 1.67 bits per heavy atom. The molecular formula is C8H14N2O2. The fraction of sp³-hybridized carbons (Fsp3) is 0.750. The third-order valence-electron chi connectivity index (χ3n) is 2.00. The number of hydrogen-bond donors (Lipinski definition) is 1. The molecule has 1 atom stereocenters. The van der Waals surface area contributed by atoms with Crippen molar-refractivity contribution < 1.29 is 9.59 Å². The van der Waals surface area contributed by atoms with E-state index >= 15 is 0 Å². The van der Waals surface area contributed by atoms with E-state index in [0.717, 1.165) is 12.8 Å². The molecule has 68 valence electrons. The van der Waals surface area contributed by atoms with Crippen LogP contribution >= 0.6 is 0 Å². The van der Waals surface area contributed by atoms with Gasteiger partial charge in [0.15, 0.2) is 0 Å². The van der Waals surface area contributed by atoms with Crippen LogP contribution in [0.25, 0.3) is 0 Å². The normalized spacial score (nSPS) is 24.0. The lowest BCUT2D eigenvalue weighted by Crippen LogP contribution is -2.52. The molecule has 0 aromatic heterocycles. The van der Waals surface area contributed by atoms with Crippen molar-refractivity contribution in [3.8, 4) is 0 Å². The van der Waals surface area contributed by atoms with Crippen LogP contribution in [0.2, 0.25) is 0 Å². The Hall–Kier alpha value is -1.06. The van der Waals surface area contributed by atoms with Gasteiger partial charge < -0.3 is 0 Å². The summed E-state index contributed by atoms with van der Waals surface area (Å²) in [5.41, 5.74) is 2.53. The van der Waals surface area contributed by atoms with Gasteiger partial charge in [-0.05, 0) is 19.8 Å². The highest BCUT2D eigenvalue weighted by molar-refractivity contribution is 5.81. The van der Waals surface area contributed by atoms with Crippen molar-refractivity contribution in [2.75, 3.05) is 0 Å². The van der Waals surface area contributed by atoms with Crippen molar-refractivity contribution in [1.82, 2.24) is 10.4 Å². The van der Waals surface area contributed by atoms with Crippen LogP contribution in [0.5, 0.6) is 0 Å². The number of nitrogens with one attached hydrogen (secondary N) is 1. The minimum Gasteiger partial charge on any atom is -0.274 e. The minimum absolute atomic E-state index is 0.0175. The van der Waals surface area contributed by atoms with Gasteiger partial charge >= 0.3 is 0 Å². The van der Waals surface area contributed by atoms with Crippen molar-refractivity contribution in [2.45, 2.75) is 39.2 Å². The summed E-state index contributed by atoms with van der Waals surface area (Å²) in [5, 5.41) is 1.44. The van der Waals surface area contributed by atoms with Gasteiger partial charge in [0.2, 0.25) is 11.8 Å². The minimum atomic E-state index is -0.183. The van der Waals surface area contributed by atoms with Gasteiger partial charge in [-0.25, -0.2) is 0 Å². The largest absolute Gasteiger partial charge is 0.274 e. The van der Waals surface area contributed by atoms with Gasteiger partial charge in [0.05, 0.1) is 6.04 Å². The number of carbonyl (C=O) groups excluding carboxylic acids is 2. The summed E-state index contributed by atoms with van der Waals surface area (Å²) in [5.74, 6) is -0.166. The predicted octanol–water partition coefficient (Wildman–Crippen LogP) is 0.438. The average Bonchev–Trinajstić information content (AvgIpc) is 1.97. The molecule has 4 nitrogen and oxygen atoms in total. The Morgan fingerprint density at radius 2 is 2.33 bits per heavy atom. The first kappa shape index (κ1) is 9.03. The van der Waals surface area contributed by atoms with Crippen LogP contribution in [0.1, 0.15) is 33.1 Å². The Labute approximate surface area is 71.9 Å². The van der Waals surface area contributed by atoms with Crippen molar-refractivity contribution in [1.29, 1.82) is 0 Å². The molecule has 1 aliphatic rings. The SMILES string of the molecule is CC(=O)NN1C(=O)CCCC1C. The van der Waals surface area contributed by atoms with Crippen LogP contribution in [0.3, 0.4) is 0 Å². The first-order valence-electron chi connectivity index (χ1n) is 4.20. The molecule has 0 aromatic rings. The zero-order chi connectivity index (χ0) is 9.14. The summed E-state index contributed by atoms with van der Waals surface area (Å²) in [4.78, 5) is 21.9. The Bertz CT molecular complexity index is 203. The van der Waals surface area contributed by atoms with E-state index in [0.29, 0.717) is 6.42 Å². The van der Waals surface area contributed by atoms with E-state index in [2.05, 4.69) is 5.43 Å². The monoisotopic (exact) mass is 170 g/mol. The molecule has 4 heteroatoms. The number of nitrogens with zero attached hydrogens (tertiary/aromatic N) is 1. The standard InChI is InChI=1S/C8H14N2O2/c1-6-4-3-5-8(12)10(6)9-7(2)11/h6H,3-5H2,1-2H3,(H,9,11). The summed E-state index contributed by atoms with van der Waals surface area (Å²) in [6.07, 6.45) is 2.44. The van der Waals surface area contributed by atoms with Crippen molar-refractivity contribution in [3.05, 3.63) is 0 Å². The lowest BCUT2D eigenvalue weighted by molar-refractivity contribution is -0.146. The Balaban J connectivity index is 2.57. The second kappa shape index (κ2) is 3.56. The van der Waals surface area contributed by atoms with Crippen LogP contribution in [0.4, 0.5) is 0 Å². The molecule has 1 unspecified atom stereocenters. The zero-order valence-corrected chi connectivity index (χ0v) is 7.46. The van der Waals surface area contributed by atoms with E-state index in [4.69, 9.17) is 0 Å². The molecule has 1 saturated heterocycles. The van der Waals surface area contributed by atoms with E-state index < -0.39 is 0 Å². The number of hydrogen-bond acceptors (Lipinski definition) is 2. The summed E-state index contributed by atoms with van der Waals surface area (Å²) >= 11 is 0. The Kier molecular flexibility index (Phi) is 2.68. The van der Waals surface area contributed by atoms with Crippen molar-refractivity contribution in [3.63, 3.8) is 0 Å². The predicted molar refractivity (Wildman–Crippen MR) is 44.0 cm³/mol. The smallest absolute Gasteiger partial charge is 0.241 e. The molecule has 0 spiro atoms. The molecule has 0 radical (unpaired) electrons. The van der Waals surface area contributed by atoms with E-state index in [1.54, 1.807) is 0 Å². The van der Waals surface area contributed by atoms with Gasteiger partial charge in [-0.3, -0.25) is 20.0 Å². The summed E-state index contributed by atoms with van der Waals surface area (Å²) in [6, 6.07) is 0.134. The van der Waals surface area contributed by atoms with Crippen LogP contribution in [-0.2, 0) is 9.59 Å². The first-order chi connectivity index (χ1) is 5.61. The molecule has 1 aliphatic heterocycles. The molecular weight excluding hydrogens is 156 g/mol. The van der Waals surface area contributed by atoms with Gasteiger partial charge in [0, 0.05) is 13.3 Å². The topological polar surface area (TPSA) is 49.4 Å². The van der Waals surface area contributed by atoms with Crippen LogP contribution < -0.4 is 5.43 Å². The van der Waals surface area contributed by atoms with Crippen LogP contribution in [-0.4, -0.2) is 22.9 Å². The molecule has 1 rings (SSSR count). The molecule has 12 heavy (non-hydrogen) atoms. The average molecular weight is 170 g/mol. The quantitative estimate of drug-likeness (QED) is 0.620. The Morgan fingerprint density at radius 3 is 2.83 bits per heavy atom. The fourth-order valence-corrected chi connectivity index (χ4v) is 1.39. The molecule has 0 bridgehead atoms. The molecule has 0 saturated carbocycles. The lowest BCUT2D eigenvalue weighted by Gasteiger charge is -2.32. The highest BCUT2D eigenvalue weighted by Crippen LogP contribution is 2.14. The number of hydrazine groups is 1. The third-order valence-corrected chi connectivity index (χ3v) is 2.00. The van der Waals surface area contributed by atoms with Gasteiger partial charge in [-0.2, -0.15) is 0 Å².